The van der Waals surface area contributed by atoms with Crippen LogP contribution in [0.5, 0.6) is 0 Å². The predicted molar refractivity (Wildman–Crippen MR) is 99.3 cm³/mol. The van der Waals surface area contributed by atoms with Gasteiger partial charge in [0.15, 0.2) is 0 Å². The fourth-order valence-electron chi connectivity index (χ4n) is 2.66. The third-order valence-electron chi connectivity index (χ3n) is 4.17. The number of hydrogen-bond acceptors (Lipinski definition) is 3. The number of benzene rings is 1. The first-order chi connectivity index (χ1) is 12.4. The maximum atomic E-state index is 12.9. The van der Waals surface area contributed by atoms with Crippen molar-refractivity contribution in [3.63, 3.8) is 0 Å². The highest BCUT2D eigenvalue weighted by atomic mass is 19.1. The molecule has 6 heteroatoms. The first kappa shape index (κ1) is 19.7. The van der Waals surface area contributed by atoms with Crippen molar-refractivity contribution in [1.29, 1.82) is 0 Å². The highest BCUT2D eigenvalue weighted by Gasteiger charge is 2.19. The van der Waals surface area contributed by atoms with E-state index in [1.165, 1.54) is 6.08 Å². The molecule has 1 unspecified atom stereocenters. The van der Waals surface area contributed by atoms with Crippen LogP contribution in [0.3, 0.4) is 0 Å². The lowest BCUT2D eigenvalue weighted by Gasteiger charge is -2.19. The number of aliphatic hydroxyl groups excluding tert-OH is 1. The molecule has 0 heterocycles. The molecule has 1 atom stereocenters. The minimum absolute atomic E-state index is 0.0376. The Kier molecular flexibility index (Phi) is 7.38. The number of allylic oxidation sites excluding steroid dienone is 2. The highest BCUT2D eigenvalue weighted by molar-refractivity contribution is 5.90. The standard InChI is InChI=1S/C20H25FN2O3/c1-14-7-10-16(11-8-14)22-19(25)5-3-2-4-6-20(26)23-17-12-9-15(21)13-18(17)24/h7-11,13,17,24H,2-6,12H2,1H3,(H,22,25)(H,23,26). The van der Waals surface area contributed by atoms with Crippen LogP contribution in [0.1, 0.15) is 44.1 Å². The van der Waals surface area contributed by atoms with E-state index in [0.29, 0.717) is 25.7 Å². The molecule has 3 N–H and O–H groups in total. The molecule has 0 saturated carbocycles. The van der Waals surface area contributed by atoms with E-state index in [-0.39, 0.29) is 24.0 Å². The number of halogens is 1. The third-order valence-corrected chi connectivity index (χ3v) is 4.17. The van der Waals surface area contributed by atoms with Crippen molar-refractivity contribution < 1.29 is 19.1 Å². The third kappa shape index (κ3) is 6.70. The fourth-order valence-corrected chi connectivity index (χ4v) is 2.66. The van der Waals surface area contributed by atoms with Gasteiger partial charge in [0.05, 0.1) is 6.04 Å². The van der Waals surface area contributed by atoms with Crippen molar-refractivity contribution in [2.24, 2.45) is 0 Å². The summed E-state index contributed by atoms with van der Waals surface area (Å²) >= 11 is 0. The molecule has 0 fully saturated rings. The van der Waals surface area contributed by atoms with Crippen molar-refractivity contribution in [2.45, 2.75) is 51.5 Å². The summed E-state index contributed by atoms with van der Waals surface area (Å²) in [6.07, 6.45) is 5.44. The van der Waals surface area contributed by atoms with Gasteiger partial charge in [-0.1, -0.05) is 24.1 Å². The zero-order valence-electron chi connectivity index (χ0n) is 14.9. The molecule has 1 aromatic carbocycles. The Labute approximate surface area is 153 Å². The predicted octanol–water partition coefficient (Wildman–Crippen LogP) is 4.07. The molecule has 0 aliphatic heterocycles. The van der Waals surface area contributed by atoms with Gasteiger partial charge >= 0.3 is 0 Å². The van der Waals surface area contributed by atoms with Gasteiger partial charge in [-0.3, -0.25) is 9.59 Å². The average molecular weight is 360 g/mol. The Morgan fingerprint density at radius 1 is 1.12 bits per heavy atom. The largest absolute Gasteiger partial charge is 0.510 e. The first-order valence-electron chi connectivity index (χ1n) is 8.86. The molecule has 140 valence electrons. The smallest absolute Gasteiger partial charge is 0.224 e. The van der Waals surface area contributed by atoms with Crippen LogP contribution >= 0.6 is 0 Å². The molecule has 2 rings (SSSR count). The van der Waals surface area contributed by atoms with E-state index in [4.69, 9.17) is 0 Å². The molecule has 0 bridgehead atoms. The number of aliphatic hydroxyl groups is 1. The summed E-state index contributed by atoms with van der Waals surface area (Å²) in [5.74, 6) is -0.873. The summed E-state index contributed by atoms with van der Waals surface area (Å²) in [5.41, 5.74) is 1.92. The molecule has 0 saturated heterocycles. The van der Waals surface area contributed by atoms with E-state index >= 15 is 0 Å². The molecule has 1 aliphatic carbocycles. The second-order valence-corrected chi connectivity index (χ2v) is 6.49. The second-order valence-electron chi connectivity index (χ2n) is 6.49. The van der Waals surface area contributed by atoms with Gasteiger partial charge < -0.3 is 15.7 Å². The molecule has 26 heavy (non-hydrogen) atoms. The zero-order valence-corrected chi connectivity index (χ0v) is 14.9. The average Bonchev–Trinajstić information content (AvgIpc) is 2.59. The Balaban J connectivity index is 1.57. The van der Waals surface area contributed by atoms with E-state index in [0.717, 1.165) is 23.7 Å². The molecule has 0 aromatic heterocycles. The molecule has 0 radical (unpaired) electrons. The summed E-state index contributed by atoms with van der Waals surface area (Å²) in [5, 5.41) is 15.1. The number of aryl methyl sites for hydroxylation is 1. The summed E-state index contributed by atoms with van der Waals surface area (Å²) in [6, 6.07) is 7.07. The molecular weight excluding hydrogens is 335 g/mol. The minimum Gasteiger partial charge on any atom is -0.510 e. The van der Waals surface area contributed by atoms with Gasteiger partial charge in [0, 0.05) is 24.6 Å². The van der Waals surface area contributed by atoms with Gasteiger partial charge in [-0.15, -0.1) is 0 Å². The number of amides is 2. The van der Waals surface area contributed by atoms with Crippen LogP contribution in [0.15, 0.2) is 48.0 Å². The Morgan fingerprint density at radius 3 is 2.42 bits per heavy atom. The molecular formula is C20H25FN2O3. The monoisotopic (exact) mass is 360 g/mol. The normalized spacial score (nSPS) is 16.5. The van der Waals surface area contributed by atoms with Crippen molar-refractivity contribution >= 4 is 17.5 Å². The molecule has 1 aromatic rings. The van der Waals surface area contributed by atoms with Crippen LogP contribution < -0.4 is 10.6 Å². The Hall–Kier alpha value is -2.63. The van der Waals surface area contributed by atoms with Gasteiger partial charge in [0.2, 0.25) is 11.8 Å². The number of anilines is 1. The lowest BCUT2D eigenvalue weighted by atomic mass is 10.1. The number of rotatable bonds is 8. The lowest BCUT2D eigenvalue weighted by molar-refractivity contribution is -0.121. The van der Waals surface area contributed by atoms with E-state index in [2.05, 4.69) is 10.6 Å². The number of carbonyl (C=O) groups is 2. The van der Waals surface area contributed by atoms with E-state index < -0.39 is 11.9 Å². The fraction of sp³-hybridized carbons (Fsp3) is 0.400. The van der Waals surface area contributed by atoms with Crippen molar-refractivity contribution in [2.75, 3.05) is 5.32 Å². The van der Waals surface area contributed by atoms with Crippen LogP contribution in [0.4, 0.5) is 10.1 Å². The summed E-state index contributed by atoms with van der Waals surface area (Å²) in [6.45, 7) is 1.99. The number of hydrogen-bond donors (Lipinski definition) is 3. The van der Waals surface area contributed by atoms with Gasteiger partial charge in [0.25, 0.3) is 0 Å². The maximum absolute atomic E-state index is 12.9. The van der Waals surface area contributed by atoms with Crippen LogP contribution in [0, 0.1) is 6.92 Å². The van der Waals surface area contributed by atoms with Gasteiger partial charge in [-0.2, -0.15) is 0 Å². The number of unbranched alkanes of at least 4 members (excludes halogenated alkanes) is 2. The minimum atomic E-state index is -0.553. The van der Waals surface area contributed by atoms with Crippen LogP contribution in [-0.2, 0) is 9.59 Å². The zero-order chi connectivity index (χ0) is 18.9. The topological polar surface area (TPSA) is 78.4 Å². The molecule has 5 nitrogen and oxygen atoms in total. The second kappa shape index (κ2) is 9.75. The number of carbonyl (C=O) groups excluding carboxylic acids is 2. The van der Waals surface area contributed by atoms with Crippen molar-refractivity contribution in [3.05, 3.63) is 53.6 Å². The summed E-state index contributed by atoms with van der Waals surface area (Å²) in [7, 11) is 0. The van der Waals surface area contributed by atoms with Crippen molar-refractivity contribution in [3.8, 4) is 0 Å². The molecule has 2 amide bonds. The van der Waals surface area contributed by atoms with Gasteiger partial charge in [-0.05, 0) is 44.4 Å². The first-order valence-corrected chi connectivity index (χ1v) is 8.86. The van der Waals surface area contributed by atoms with E-state index in [1.54, 1.807) is 0 Å². The quantitative estimate of drug-likeness (QED) is 0.612. The SMILES string of the molecule is Cc1ccc(NC(=O)CCCCCC(=O)NC2CC=C(F)C=C2O)cc1. The van der Waals surface area contributed by atoms with Gasteiger partial charge in [0.1, 0.15) is 11.6 Å². The number of nitrogens with one attached hydrogen (secondary N) is 2. The van der Waals surface area contributed by atoms with Crippen LogP contribution in [0.2, 0.25) is 0 Å². The highest BCUT2D eigenvalue weighted by Crippen LogP contribution is 2.17. The van der Waals surface area contributed by atoms with Crippen LogP contribution in [-0.4, -0.2) is 23.0 Å². The Morgan fingerprint density at radius 2 is 1.77 bits per heavy atom. The molecule has 0 spiro atoms. The Bertz CT molecular complexity index is 696. The van der Waals surface area contributed by atoms with Gasteiger partial charge in [-0.25, -0.2) is 4.39 Å². The molecule has 1 aliphatic rings. The van der Waals surface area contributed by atoms with Crippen LogP contribution in [0.25, 0.3) is 0 Å². The van der Waals surface area contributed by atoms with Crippen molar-refractivity contribution in [1.82, 2.24) is 5.32 Å². The summed E-state index contributed by atoms with van der Waals surface area (Å²) < 4.78 is 12.9. The summed E-state index contributed by atoms with van der Waals surface area (Å²) in [4.78, 5) is 23.7. The maximum Gasteiger partial charge on any atom is 0.224 e. The lowest BCUT2D eigenvalue weighted by Crippen LogP contribution is -2.36. The van der Waals surface area contributed by atoms with E-state index in [9.17, 15) is 19.1 Å². The van der Waals surface area contributed by atoms with E-state index in [1.807, 2.05) is 31.2 Å².